The second-order valence-electron chi connectivity index (χ2n) is 3.17. The van der Waals surface area contributed by atoms with Crippen molar-refractivity contribution in [1.82, 2.24) is 0 Å². The second kappa shape index (κ2) is 3.50. The molecule has 0 saturated carbocycles. The molecule has 0 aliphatic heterocycles. The predicted octanol–water partition coefficient (Wildman–Crippen LogP) is 0.717. The van der Waals surface area contributed by atoms with E-state index < -0.39 is 0 Å². The Bertz CT molecular complexity index is 571. The lowest BCUT2D eigenvalue weighted by molar-refractivity contribution is 0.508. The van der Waals surface area contributed by atoms with Crippen LogP contribution in [0.3, 0.4) is 0 Å². The number of allylic oxidation sites excluding steroid dienone is 4. The van der Waals surface area contributed by atoms with E-state index in [1.54, 1.807) is 6.08 Å². The summed E-state index contributed by atoms with van der Waals surface area (Å²) in [4.78, 5) is 11.4. The molecule has 1 aliphatic rings. The van der Waals surface area contributed by atoms with Gasteiger partial charge in [-0.3, -0.25) is 4.79 Å². The lowest BCUT2D eigenvalue weighted by Crippen LogP contribution is -2.37. The van der Waals surface area contributed by atoms with Gasteiger partial charge in [-0.15, -0.1) is 0 Å². The molecule has 0 unspecified atom stereocenters. The smallest absolute Gasteiger partial charge is 0.192 e. The molecule has 1 aromatic heterocycles. The van der Waals surface area contributed by atoms with Gasteiger partial charge >= 0.3 is 0 Å². The molecule has 0 fully saturated rings. The minimum absolute atomic E-state index is 0.0138. The SMILES string of the molecule is CC1=CC=c2occc(=O)c2=CC=C1. The van der Waals surface area contributed by atoms with Crippen molar-refractivity contribution in [2.75, 3.05) is 0 Å². The molecular formula is C12H10O2. The van der Waals surface area contributed by atoms with E-state index in [9.17, 15) is 4.79 Å². The van der Waals surface area contributed by atoms with Crippen molar-refractivity contribution in [3.05, 3.63) is 57.0 Å². The fraction of sp³-hybridized carbons (Fsp3) is 0.0833. The van der Waals surface area contributed by atoms with Crippen LogP contribution in [0.2, 0.25) is 0 Å². The maximum Gasteiger partial charge on any atom is 0.192 e. The van der Waals surface area contributed by atoms with Crippen LogP contribution >= 0.6 is 0 Å². The van der Waals surface area contributed by atoms with Gasteiger partial charge in [0, 0.05) is 6.07 Å². The van der Waals surface area contributed by atoms with E-state index in [1.165, 1.54) is 12.3 Å². The topological polar surface area (TPSA) is 30.2 Å². The maximum atomic E-state index is 11.4. The zero-order chi connectivity index (χ0) is 9.97. The van der Waals surface area contributed by atoms with Crippen LogP contribution in [0.5, 0.6) is 0 Å². The molecule has 0 radical (unpaired) electrons. The minimum Gasteiger partial charge on any atom is -0.464 e. The van der Waals surface area contributed by atoms with Crippen LogP contribution in [0, 0.1) is 0 Å². The molecule has 14 heavy (non-hydrogen) atoms. The molecule has 2 nitrogen and oxygen atoms in total. The van der Waals surface area contributed by atoms with Crippen LogP contribution in [-0.4, -0.2) is 0 Å². The summed E-state index contributed by atoms with van der Waals surface area (Å²) in [7, 11) is 0. The summed E-state index contributed by atoms with van der Waals surface area (Å²) < 4.78 is 5.25. The quantitative estimate of drug-likeness (QED) is 0.597. The molecule has 0 aromatic carbocycles. The minimum atomic E-state index is -0.0138. The van der Waals surface area contributed by atoms with Crippen LogP contribution < -0.4 is 16.1 Å². The van der Waals surface area contributed by atoms with Gasteiger partial charge in [-0.25, -0.2) is 0 Å². The number of fused-ring (bicyclic) bond motifs is 1. The Labute approximate surface area is 81.2 Å². The first-order valence-corrected chi connectivity index (χ1v) is 4.42. The van der Waals surface area contributed by atoms with Crippen LogP contribution in [0.4, 0.5) is 0 Å². The first kappa shape index (κ1) is 8.75. The van der Waals surface area contributed by atoms with Gasteiger partial charge in [0.25, 0.3) is 0 Å². The molecular weight excluding hydrogens is 176 g/mol. The van der Waals surface area contributed by atoms with E-state index >= 15 is 0 Å². The Hall–Kier alpha value is -1.83. The molecule has 1 heterocycles. The normalized spacial score (nSPS) is 14.2. The summed E-state index contributed by atoms with van der Waals surface area (Å²) in [6, 6.07) is 1.43. The Morgan fingerprint density at radius 2 is 2.07 bits per heavy atom. The molecule has 1 aromatic rings. The van der Waals surface area contributed by atoms with E-state index in [0.717, 1.165) is 5.57 Å². The van der Waals surface area contributed by atoms with Crippen molar-refractivity contribution in [2.24, 2.45) is 0 Å². The highest BCUT2D eigenvalue weighted by atomic mass is 16.3. The van der Waals surface area contributed by atoms with Crippen molar-refractivity contribution in [3.63, 3.8) is 0 Å². The summed E-state index contributed by atoms with van der Waals surface area (Å²) in [5, 5.41) is 0.604. The highest BCUT2D eigenvalue weighted by Gasteiger charge is 1.93. The van der Waals surface area contributed by atoms with Crippen molar-refractivity contribution < 1.29 is 4.42 Å². The molecule has 2 heteroatoms. The van der Waals surface area contributed by atoms with Crippen LogP contribution in [0.15, 0.2) is 45.3 Å². The van der Waals surface area contributed by atoms with Gasteiger partial charge in [0.1, 0.15) is 5.42 Å². The molecule has 0 saturated heterocycles. The lowest BCUT2D eigenvalue weighted by atomic mass is 10.2. The number of hydrogen-bond acceptors (Lipinski definition) is 2. The average Bonchev–Trinajstić information content (AvgIpc) is 2.14. The van der Waals surface area contributed by atoms with Gasteiger partial charge in [-0.2, -0.15) is 0 Å². The summed E-state index contributed by atoms with van der Waals surface area (Å²) in [5.41, 5.74) is 1.72. The molecule has 1 aliphatic carbocycles. The zero-order valence-corrected chi connectivity index (χ0v) is 7.86. The summed E-state index contributed by atoms with van der Waals surface area (Å²) in [6.45, 7) is 1.99. The van der Waals surface area contributed by atoms with Gasteiger partial charge in [0.2, 0.25) is 0 Å². The molecule has 0 spiro atoms. The van der Waals surface area contributed by atoms with Crippen LogP contribution in [-0.2, 0) is 0 Å². The third kappa shape index (κ3) is 1.59. The maximum absolute atomic E-state index is 11.4. The highest BCUT2D eigenvalue weighted by Crippen LogP contribution is 1.95. The standard InChI is InChI=1S/C12H10O2/c1-9-3-2-4-10-11(13)7-8-14-12(10)6-5-9/h2-8H,1H3. The molecule has 70 valence electrons. The van der Waals surface area contributed by atoms with E-state index in [-0.39, 0.29) is 5.43 Å². The van der Waals surface area contributed by atoms with Crippen molar-refractivity contribution in [2.45, 2.75) is 6.92 Å². The largest absolute Gasteiger partial charge is 0.464 e. The Kier molecular flexibility index (Phi) is 2.19. The summed E-state index contributed by atoms with van der Waals surface area (Å²) in [6.07, 6.45) is 10.7. The van der Waals surface area contributed by atoms with Gasteiger partial charge < -0.3 is 4.42 Å². The Morgan fingerprint density at radius 1 is 1.21 bits per heavy atom. The van der Waals surface area contributed by atoms with Gasteiger partial charge in [-0.05, 0) is 19.1 Å². The third-order valence-corrected chi connectivity index (χ3v) is 2.06. The molecule has 2 rings (SSSR count). The first-order chi connectivity index (χ1) is 6.77. The van der Waals surface area contributed by atoms with Crippen LogP contribution in [0.1, 0.15) is 6.92 Å². The average molecular weight is 186 g/mol. The van der Waals surface area contributed by atoms with E-state index in [1.807, 2.05) is 31.2 Å². The number of hydrogen-bond donors (Lipinski definition) is 0. The monoisotopic (exact) mass is 186 g/mol. The predicted molar refractivity (Wildman–Crippen MR) is 56.1 cm³/mol. The van der Waals surface area contributed by atoms with Crippen molar-refractivity contribution >= 4 is 12.2 Å². The van der Waals surface area contributed by atoms with E-state index in [2.05, 4.69) is 0 Å². The zero-order valence-electron chi connectivity index (χ0n) is 7.86. The van der Waals surface area contributed by atoms with E-state index in [4.69, 9.17) is 4.42 Å². The van der Waals surface area contributed by atoms with Crippen LogP contribution in [0.25, 0.3) is 12.2 Å². The first-order valence-electron chi connectivity index (χ1n) is 4.42. The molecule has 0 N–H and O–H groups in total. The number of rotatable bonds is 0. The van der Waals surface area contributed by atoms with Gasteiger partial charge in [0.15, 0.2) is 5.43 Å². The highest BCUT2D eigenvalue weighted by molar-refractivity contribution is 5.48. The Morgan fingerprint density at radius 3 is 2.93 bits per heavy atom. The third-order valence-electron chi connectivity index (χ3n) is 2.06. The van der Waals surface area contributed by atoms with Crippen molar-refractivity contribution in [1.29, 1.82) is 0 Å². The summed E-state index contributed by atoms with van der Waals surface area (Å²) >= 11 is 0. The van der Waals surface area contributed by atoms with Crippen molar-refractivity contribution in [3.8, 4) is 0 Å². The Balaban J connectivity index is 2.88. The lowest BCUT2D eigenvalue weighted by Gasteiger charge is -1.92. The fourth-order valence-electron chi connectivity index (χ4n) is 1.30. The van der Waals surface area contributed by atoms with Gasteiger partial charge in [0.05, 0.1) is 11.5 Å². The second-order valence-corrected chi connectivity index (χ2v) is 3.17. The van der Waals surface area contributed by atoms with Gasteiger partial charge in [-0.1, -0.05) is 23.8 Å². The fourth-order valence-corrected chi connectivity index (χ4v) is 1.30. The van der Waals surface area contributed by atoms with E-state index in [0.29, 0.717) is 10.6 Å². The molecule has 0 atom stereocenters. The molecule has 0 amide bonds. The molecule has 0 bridgehead atoms. The summed E-state index contributed by atoms with van der Waals surface area (Å²) in [5.74, 6) is 0.